The molecule has 0 aliphatic heterocycles. The van der Waals surface area contributed by atoms with Crippen molar-refractivity contribution in [3.8, 4) is 0 Å². The molecule has 166 valence electrons. The van der Waals surface area contributed by atoms with E-state index in [2.05, 4.69) is 16.7 Å². The predicted molar refractivity (Wildman–Crippen MR) is 130 cm³/mol. The molecule has 2 aromatic carbocycles. The molecule has 1 aromatic heterocycles. The fourth-order valence-electron chi connectivity index (χ4n) is 4.20. The van der Waals surface area contributed by atoms with Gasteiger partial charge in [-0.05, 0) is 37.5 Å². The van der Waals surface area contributed by atoms with Gasteiger partial charge in [-0.2, -0.15) is 4.31 Å². The number of allylic oxidation sites excluding steroid dienone is 3. The van der Waals surface area contributed by atoms with Crippen LogP contribution in [-0.4, -0.2) is 47.8 Å². The Bertz CT molecular complexity index is 1150. The third-order valence-electron chi connectivity index (χ3n) is 5.70. The molecule has 0 aliphatic rings. The monoisotopic (exact) mass is 440 g/mol. The second-order valence-corrected chi connectivity index (χ2v) is 10.1. The van der Waals surface area contributed by atoms with Crippen LogP contribution in [0, 0.1) is 5.92 Å². The van der Waals surface area contributed by atoms with Gasteiger partial charge in [0.05, 0.1) is 18.9 Å². The summed E-state index contributed by atoms with van der Waals surface area (Å²) in [4.78, 5) is 0. The molecule has 3 rings (SSSR count). The van der Waals surface area contributed by atoms with Gasteiger partial charge in [0.25, 0.3) is 0 Å². The molecule has 2 unspecified atom stereocenters. The third kappa shape index (κ3) is 5.26. The van der Waals surface area contributed by atoms with Gasteiger partial charge in [-0.3, -0.25) is 0 Å². The van der Waals surface area contributed by atoms with Crippen LogP contribution in [0.15, 0.2) is 72.3 Å². The Hall–Kier alpha value is -2.41. The highest BCUT2D eigenvalue weighted by Gasteiger charge is 2.24. The lowest BCUT2D eigenvalue weighted by atomic mass is 10.0. The van der Waals surface area contributed by atoms with Crippen LogP contribution in [0.4, 0.5) is 0 Å². The standard InChI is InChI=1S/C25H32N2O3S/c1-5-11-20(6-2)19(3)16-26(31(4,29)30)17-21(28)18-27-24-14-9-7-12-22(24)23-13-8-10-15-25(23)27/h5-15,19,21,28H,16-18H2,1-4H3/b11-5-,20-6+. The van der Waals surface area contributed by atoms with E-state index in [1.165, 1.54) is 10.6 Å². The highest BCUT2D eigenvalue weighted by Crippen LogP contribution is 2.29. The van der Waals surface area contributed by atoms with E-state index in [1.54, 1.807) is 0 Å². The Morgan fingerprint density at radius 1 is 1.03 bits per heavy atom. The second-order valence-electron chi connectivity index (χ2n) is 8.07. The fraction of sp³-hybridized carbons (Fsp3) is 0.360. The van der Waals surface area contributed by atoms with E-state index in [-0.39, 0.29) is 12.5 Å². The molecule has 3 aromatic rings. The molecule has 0 bridgehead atoms. The van der Waals surface area contributed by atoms with Gasteiger partial charge >= 0.3 is 0 Å². The number of hydrogen-bond donors (Lipinski definition) is 1. The number of aliphatic hydroxyl groups is 1. The summed E-state index contributed by atoms with van der Waals surface area (Å²) in [5.74, 6) is 0.0244. The Labute approximate surface area is 185 Å². The SMILES string of the molecule is C/C=C\C(=C/C)C(C)CN(CC(O)Cn1c2ccccc2c2ccccc21)S(C)(=O)=O. The summed E-state index contributed by atoms with van der Waals surface area (Å²) in [6.45, 7) is 6.60. The number of sulfonamides is 1. The summed E-state index contributed by atoms with van der Waals surface area (Å²) in [6.07, 6.45) is 6.32. The first-order chi connectivity index (χ1) is 14.8. The number of hydrogen-bond acceptors (Lipinski definition) is 3. The normalized spacial score (nSPS) is 15.4. The van der Waals surface area contributed by atoms with Crippen molar-refractivity contribution in [2.75, 3.05) is 19.3 Å². The van der Waals surface area contributed by atoms with E-state index in [0.29, 0.717) is 13.1 Å². The van der Waals surface area contributed by atoms with Crippen molar-refractivity contribution in [2.45, 2.75) is 33.4 Å². The molecule has 0 aliphatic carbocycles. The van der Waals surface area contributed by atoms with E-state index in [9.17, 15) is 13.5 Å². The maximum absolute atomic E-state index is 12.5. The minimum atomic E-state index is -3.46. The largest absolute Gasteiger partial charge is 0.390 e. The summed E-state index contributed by atoms with van der Waals surface area (Å²) >= 11 is 0. The summed E-state index contributed by atoms with van der Waals surface area (Å²) in [6, 6.07) is 16.2. The first kappa shape index (κ1) is 23.3. The fourth-order valence-corrected chi connectivity index (χ4v) is 5.13. The Morgan fingerprint density at radius 2 is 1.58 bits per heavy atom. The topological polar surface area (TPSA) is 62.5 Å². The summed E-state index contributed by atoms with van der Waals surface area (Å²) in [5.41, 5.74) is 3.14. The van der Waals surface area contributed by atoms with Gasteiger partial charge in [0.1, 0.15) is 0 Å². The molecule has 1 heterocycles. The quantitative estimate of drug-likeness (QED) is 0.496. The van der Waals surface area contributed by atoms with Crippen LogP contribution in [0.3, 0.4) is 0 Å². The van der Waals surface area contributed by atoms with E-state index in [1.807, 2.05) is 75.4 Å². The van der Waals surface area contributed by atoms with Crippen LogP contribution >= 0.6 is 0 Å². The number of aromatic nitrogens is 1. The van der Waals surface area contributed by atoms with Crippen LogP contribution < -0.4 is 0 Å². The molecule has 0 saturated heterocycles. The molecule has 0 amide bonds. The van der Waals surface area contributed by atoms with E-state index in [4.69, 9.17) is 0 Å². The molecule has 1 N–H and O–H groups in total. The zero-order chi connectivity index (χ0) is 22.6. The maximum Gasteiger partial charge on any atom is 0.211 e. The van der Waals surface area contributed by atoms with Crippen molar-refractivity contribution in [3.63, 3.8) is 0 Å². The lowest BCUT2D eigenvalue weighted by molar-refractivity contribution is 0.128. The third-order valence-corrected chi connectivity index (χ3v) is 6.93. The molecule has 0 fully saturated rings. The number of fused-ring (bicyclic) bond motifs is 3. The zero-order valence-electron chi connectivity index (χ0n) is 18.7. The maximum atomic E-state index is 12.5. The van der Waals surface area contributed by atoms with E-state index >= 15 is 0 Å². The van der Waals surface area contributed by atoms with Crippen molar-refractivity contribution < 1.29 is 13.5 Å². The smallest absolute Gasteiger partial charge is 0.211 e. The molecular formula is C25H32N2O3S. The highest BCUT2D eigenvalue weighted by molar-refractivity contribution is 7.88. The zero-order valence-corrected chi connectivity index (χ0v) is 19.5. The lowest BCUT2D eigenvalue weighted by Crippen LogP contribution is -2.41. The van der Waals surface area contributed by atoms with Gasteiger partial charge < -0.3 is 9.67 Å². The molecule has 6 heteroatoms. The molecule has 31 heavy (non-hydrogen) atoms. The highest BCUT2D eigenvalue weighted by atomic mass is 32.2. The molecule has 2 atom stereocenters. The summed E-state index contributed by atoms with van der Waals surface area (Å²) < 4.78 is 28.4. The predicted octanol–water partition coefficient (Wildman–Crippen LogP) is 4.58. The van der Waals surface area contributed by atoms with Crippen LogP contribution in [-0.2, 0) is 16.6 Å². The van der Waals surface area contributed by atoms with Gasteiger partial charge in [0.15, 0.2) is 0 Å². The average Bonchev–Trinajstić information content (AvgIpc) is 3.05. The molecule has 0 spiro atoms. The Morgan fingerprint density at radius 3 is 2.06 bits per heavy atom. The molecule has 0 saturated carbocycles. The van der Waals surface area contributed by atoms with E-state index < -0.39 is 16.1 Å². The second kappa shape index (κ2) is 9.81. The number of benzene rings is 2. The van der Waals surface area contributed by atoms with E-state index in [0.717, 1.165) is 27.4 Å². The number of rotatable bonds is 9. The van der Waals surface area contributed by atoms with Crippen LogP contribution in [0.2, 0.25) is 0 Å². The number of aliphatic hydroxyl groups excluding tert-OH is 1. The molecule has 5 nitrogen and oxygen atoms in total. The first-order valence-electron chi connectivity index (χ1n) is 10.6. The molecule has 0 radical (unpaired) electrons. The average molecular weight is 441 g/mol. The van der Waals surface area contributed by atoms with Crippen LogP contribution in [0.1, 0.15) is 20.8 Å². The minimum absolute atomic E-state index is 0.0244. The molecular weight excluding hydrogens is 408 g/mol. The Kier molecular flexibility index (Phi) is 7.36. The van der Waals surface area contributed by atoms with Gasteiger partial charge in [-0.1, -0.05) is 61.5 Å². The van der Waals surface area contributed by atoms with Gasteiger partial charge in [0, 0.05) is 34.9 Å². The number of nitrogens with zero attached hydrogens (tertiary/aromatic N) is 2. The van der Waals surface area contributed by atoms with Crippen LogP contribution in [0.25, 0.3) is 21.8 Å². The van der Waals surface area contributed by atoms with Crippen molar-refractivity contribution >= 4 is 31.8 Å². The van der Waals surface area contributed by atoms with Gasteiger partial charge in [0.2, 0.25) is 10.0 Å². The van der Waals surface area contributed by atoms with Crippen LogP contribution in [0.5, 0.6) is 0 Å². The van der Waals surface area contributed by atoms with Gasteiger partial charge in [-0.15, -0.1) is 0 Å². The summed E-state index contributed by atoms with van der Waals surface area (Å²) in [7, 11) is -3.46. The number of para-hydroxylation sites is 2. The summed E-state index contributed by atoms with van der Waals surface area (Å²) in [5, 5.41) is 13.2. The van der Waals surface area contributed by atoms with Crippen molar-refractivity contribution in [1.82, 2.24) is 8.87 Å². The van der Waals surface area contributed by atoms with Crippen molar-refractivity contribution in [1.29, 1.82) is 0 Å². The first-order valence-corrected chi connectivity index (χ1v) is 12.5. The van der Waals surface area contributed by atoms with Gasteiger partial charge in [-0.25, -0.2) is 8.42 Å². The Balaban J connectivity index is 1.86. The van der Waals surface area contributed by atoms with Crippen molar-refractivity contribution in [2.24, 2.45) is 5.92 Å². The minimum Gasteiger partial charge on any atom is -0.390 e. The lowest BCUT2D eigenvalue weighted by Gasteiger charge is -2.27. The van der Waals surface area contributed by atoms with Crippen molar-refractivity contribution in [3.05, 3.63) is 72.3 Å².